The molecule has 122 valence electrons. The van der Waals surface area contributed by atoms with Gasteiger partial charge >= 0.3 is 36.5 Å². The van der Waals surface area contributed by atoms with Crippen molar-refractivity contribution in [2.45, 2.75) is 30.5 Å². The molecular weight excluding hydrogens is 338 g/mol. The number of alkyl halides is 9. The molecule has 0 saturated carbocycles. The molecule has 4 nitrogen and oxygen atoms in total. The van der Waals surface area contributed by atoms with Crippen LogP contribution in [-0.2, 0) is 18.9 Å². The minimum atomic E-state index is -5.90. The second-order valence-corrected chi connectivity index (χ2v) is 3.62. The molecule has 0 radical (unpaired) electrons. The summed E-state index contributed by atoms with van der Waals surface area (Å²) in [4.78, 5) is 0. The second-order valence-electron chi connectivity index (χ2n) is 3.62. The summed E-state index contributed by atoms with van der Waals surface area (Å²) in [5, 5.41) is 0. The highest BCUT2D eigenvalue weighted by atomic mass is 19.4. The first-order chi connectivity index (χ1) is 9.14. The zero-order valence-electron chi connectivity index (χ0n) is 8.91. The van der Waals surface area contributed by atoms with E-state index in [1.807, 2.05) is 0 Å². The maximum absolute atomic E-state index is 13.2. The molecule has 21 heavy (non-hydrogen) atoms. The van der Waals surface area contributed by atoms with E-state index in [4.69, 9.17) is 0 Å². The van der Waals surface area contributed by atoms with Crippen molar-refractivity contribution in [2.24, 2.45) is 0 Å². The van der Waals surface area contributed by atoms with Crippen molar-refractivity contribution in [2.75, 3.05) is 0 Å². The van der Waals surface area contributed by atoms with Crippen LogP contribution < -0.4 is 0 Å². The molecular formula is C7F10O4. The van der Waals surface area contributed by atoms with Crippen LogP contribution in [0.4, 0.5) is 43.9 Å². The molecule has 0 aliphatic carbocycles. The van der Waals surface area contributed by atoms with Crippen molar-refractivity contribution in [1.29, 1.82) is 0 Å². The first-order valence-corrected chi connectivity index (χ1v) is 4.52. The third-order valence-corrected chi connectivity index (χ3v) is 2.18. The Balaban J connectivity index is 2.49. The Morgan fingerprint density at radius 2 is 1.19 bits per heavy atom. The highest BCUT2D eigenvalue weighted by Gasteiger charge is 2.87. The maximum atomic E-state index is 13.2. The number of hydrogen-bond donors (Lipinski definition) is 0. The van der Waals surface area contributed by atoms with Gasteiger partial charge in [-0.1, -0.05) is 0 Å². The number of hydrogen-bond acceptors (Lipinski definition) is 4. The van der Waals surface area contributed by atoms with Crippen molar-refractivity contribution in [3.63, 3.8) is 0 Å². The predicted octanol–water partition coefficient (Wildman–Crippen LogP) is 3.21. The Bertz CT molecular complexity index is 474. The molecule has 0 bridgehead atoms. The van der Waals surface area contributed by atoms with Crippen LogP contribution in [0, 0.1) is 0 Å². The van der Waals surface area contributed by atoms with Gasteiger partial charge in [-0.25, -0.2) is 9.47 Å². The molecule has 14 heteroatoms. The molecule has 1 spiro atoms. The zero-order valence-corrected chi connectivity index (χ0v) is 8.91. The summed E-state index contributed by atoms with van der Waals surface area (Å²) in [7, 11) is 0. The van der Waals surface area contributed by atoms with Crippen LogP contribution in [0.1, 0.15) is 0 Å². The summed E-state index contributed by atoms with van der Waals surface area (Å²) in [5.41, 5.74) is 0. The van der Waals surface area contributed by atoms with Crippen LogP contribution in [0.2, 0.25) is 0 Å². The van der Waals surface area contributed by atoms with E-state index in [1.54, 1.807) is 0 Å². The molecule has 0 unspecified atom stereocenters. The lowest BCUT2D eigenvalue weighted by molar-refractivity contribution is -0.632. The first kappa shape index (κ1) is 15.9. The molecule has 1 fully saturated rings. The largest absolute Gasteiger partial charge is 0.495 e. The average Bonchev–Trinajstić information content (AvgIpc) is 2.51. The van der Waals surface area contributed by atoms with Gasteiger partial charge in [-0.15, -0.1) is 8.78 Å². The van der Waals surface area contributed by atoms with Gasteiger partial charge in [0.2, 0.25) is 0 Å². The molecule has 0 aromatic rings. The summed E-state index contributed by atoms with van der Waals surface area (Å²) in [6, 6.07) is -3.03. The molecule has 0 N–H and O–H groups in total. The van der Waals surface area contributed by atoms with E-state index in [2.05, 4.69) is 18.9 Å². The lowest BCUT2D eigenvalue weighted by Crippen LogP contribution is -2.70. The quantitative estimate of drug-likeness (QED) is 0.636. The van der Waals surface area contributed by atoms with Crippen LogP contribution in [-0.4, -0.2) is 30.5 Å². The minimum Gasteiger partial charge on any atom is -0.427 e. The van der Waals surface area contributed by atoms with Gasteiger partial charge in [0.25, 0.3) is 5.76 Å². The fraction of sp³-hybridized carbons (Fsp3) is 0.714. The Morgan fingerprint density at radius 1 is 0.762 bits per heavy atom. The van der Waals surface area contributed by atoms with Crippen molar-refractivity contribution < 1.29 is 62.9 Å². The Kier molecular flexibility index (Phi) is 2.92. The molecule has 1 saturated heterocycles. The summed E-state index contributed by atoms with van der Waals surface area (Å²) in [6.07, 6.45) is -23.3. The van der Waals surface area contributed by atoms with Crippen LogP contribution in [0.5, 0.6) is 0 Å². The summed E-state index contributed by atoms with van der Waals surface area (Å²) < 4.78 is 138. The average molecular weight is 338 g/mol. The van der Waals surface area contributed by atoms with E-state index in [0.29, 0.717) is 0 Å². The van der Waals surface area contributed by atoms with Crippen LogP contribution in [0.15, 0.2) is 11.8 Å². The Morgan fingerprint density at radius 3 is 1.52 bits per heavy atom. The van der Waals surface area contributed by atoms with Gasteiger partial charge in [-0.2, -0.15) is 35.1 Å². The highest BCUT2D eigenvalue weighted by molar-refractivity contribution is 5.13. The monoisotopic (exact) mass is 338 g/mol. The summed E-state index contributed by atoms with van der Waals surface area (Å²) in [5.74, 6) is -8.25. The van der Waals surface area contributed by atoms with Gasteiger partial charge in [-0.3, -0.25) is 0 Å². The van der Waals surface area contributed by atoms with E-state index in [0.717, 1.165) is 0 Å². The molecule has 2 aliphatic rings. The molecule has 0 aromatic heterocycles. The second kappa shape index (κ2) is 3.85. The predicted molar refractivity (Wildman–Crippen MR) is 36.1 cm³/mol. The standard InChI is InChI=1S/C7F10O4/c8-2-1(3(9,10)11)18-4(19-2)5(12,13)20-7(16,17)21-6(4,14)15. The molecule has 2 aliphatic heterocycles. The lowest BCUT2D eigenvalue weighted by Gasteiger charge is -2.43. The van der Waals surface area contributed by atoms with Gasteiger partial charge in [0.15, 0.2) is 0 Å². The SMILES string of the molecule is FC1=C(C(F)(F)F)OC2(O1)C(F)(F)OC(F)(F)OC2(F)F. The summed E-state index contributed by atoms with van der Waals surface area (Å²) >= 11 is 0. The third kappa shape index (κ3) is 2.16. The summed E-state index contributed by atoms with van der Waals surface area (Å²) in [6.45, 7) is 0. The topological polar surface area (TPSA) is 36.9 Å². The number of rotatable bonds is 0. The molecule has 0 atom stereocenters. The van der Waals surface area contributed by atoms with Crippen molar-refractivity contribution >= 4 is 0 Å². The number of ether oxygens (including phenoxy) is 4. The Labute approximate surface area is 106 Å². The molecule has 2 heterocycles. The van der Waals surface area contributed by atoms with Crippen LogP contribution >= 0.6 is 0 Å². The van der Waals surface area contributed by atoms with Crippen molar-refractivity contribution in [3.05, 3.63) is 11.8 Å². The number of allylic oxidation sites excluding steroid dienone is 1. The normalized spacial score (nSPS) is 29.2. The molecule has 0 aromatic carbocycles. The van der Waals surface area contributed by atoms with E-state index in [9.17, 15) is 43.9 Å². The number of halogens is 10. The van der Waals surface area contributed by atoms with Crippen molar-refractivity contribution in [3.8, 4) is 0 Å². The lowest BCUT2D eigenvalue weighted by atomic mass is 10.2. The van der Waals surface area contributed by atoms with Crippen LogP contribution in [0.25, 0.3) is 0 Å². The van der Waals surface area contributed by atoms with Gasteiger partial charge in [0.05, 0.1) is 0 Å². The first-order valence-electron chi connectivity index (χ1n) is 4.52. The molecule has 0 amide bonds. The van der Waals surface area contributed by atoms with E-state index in [1.165, 1.54) is 0 Å². The van der Waals surface area contributed by atoms with Gasteiger partial charge in [-0.05, 0) is 0 Å². The smallest absolute Gasteiger partial charge is 0.427 e. The fourth-order valence-corrected chi connectivity index (χ4v) is 1.41. The molecule has 2 rings (SSSR count). The van der Waals surface area contributed by atoms with Crippen LogP contribution in [0.3, 0.4) is 0 Å². The van der Waals surface area contributed by atoms with Gasteiger partial charge in [0.1, 0.15) is 0 Å². The van der Waals surface area contributed by atoms with Gasteiger partial charge < -0.3 is 9.47 Å². The fourth-order valence-electron chi connectivity index (χ4n) is 1.41. The minimum absolute atomic E-state index is 2.46. The maximum Gasteiger partial charge on any atom is 0.495 e. The highest BCUT2D eigenvalue weighted by Crippen LogP contribution is 2.59. The van der Waals surface area contributed by atoms with Gasteiger partial charge in [0, 0.05) is 0 Å². The van der Waals surface area contributed by atoms with E-state index in [-0.39, 0.29) is 0 Å². The Hall–Kier alpha value is -1.44. The van der Waals surface area contributed by atoms with E-state index >= 15 is 0 Å². The van der Waals surface area contributed by atoms with E-state index < -0.39 is 42.2 Å². The zero-order chi connectivity index (χ0) is 16.5. The van der Waals surface area contributed by atoms with Crippen molar-refractivity contribution in [1.82, 2.24) is 0 Å². The third-order valence-electron chi connectivity index (χ3n) is 2.18.